The van der Waals surface area contributed by atoms with E-state index in [-0.39, 0.29) is 17.9 Å². The lowest BCUT2D eigenvalue weighted by molar-refractivity contribution is -0.140. The number of aliphatic hydroxyl groups excluding tert-OH is 1. The number of amides is 1. The molecule has 1 atom stereocenters. The molecule has 1 unspecified atom stereocenters. The Morgan fingerprint density at radius 2 is 1.89 bits per heavy atom. The number of aliphatic hydroxyl groups is 1. The van der Waals surface area contributed by atoms with Gasteiger partial charge in [0.25, 0.3) is 11.7 Å². The van der Waals surface area contributed by atoms with Crippen LogP contribution < -0.4 is 0 Å². The molecule has 4 heterocycles. The van der Waals surface area contributed by atoms with E-state index in [0.717, 1.165) is 0 Å². The molecular formula is C20H15N3O4. The molecule has 3 aromatic rings. The molecule has 0 aliphatic carbocycles. The van der Waals surface area contributed by atoms with E-state index >= 15 is 0 Å². The van der Waals surface area contributed by atoms with Crippen molar-refractivity contribution in [3.63, 3.8) is 0 Å². The molecule has 4 rings (SSSR count). The maximum Gasteiger partial charge on any atom is 0.296 e. The van der Waals surface area contributed by atoms with Gasteiger partial charge in [0.05, 0.1) is 24.1 Å². The maximum atomic E-state index is 12.8. The van der Waals surface area contributed by atoms with Crippen LogP contribution in [-0.2, 0) is 16.1 Å². The standard InChI is InChI=1S/C20H15N3O4/c24-18(13-6-9-21-10-7-13)16-17(15-5-1-2-8-22-15)23(20(26)19(16)25)12-14-4-3-11-27-14/h1-11,17,24H,12H2/b18-16-. The lowest BCUT2D eigenvalue weighted by atomic mass is 9.99. The number of ketones is 1. The largest absolute Gasteiger partial charge is 0.507 e. The summed E-state index contributed by atoms with van der Waals surface area (Å²) in [6.45, 7) is 0.0892. The average molecular weight is 361 g/mol. The third-order valence-corrected chi connectivity index (χ3v) is 4.37. The van der Waals surface area contributed by atoms with Crippen LogP contribution >= 0.6 is 0 Å². The average Bonchev–Trinajstić information content (AvgIpc) is 3.31. The maximum absolute atomic E-state index is 12.8. The molecule has 1 aliphatic rings. The number of Topliss-reactive ketones (excluding diaryl/α,β-unsaturated/α-hetero) is 1. The smallest absolute Gasteiger partial charge is 0.296 e. The first-order chi connectivity index (χ1) is 13.2. The number of carbonyl (C=O) groups excluding carboxylic acids is 2. The lowest BCUT2D eigenvalue weighted by Crippen LogP contribution is -2.29. The van der Waals surface area contributed by atoms with Crippen LogP contribution in [0.3, 0.4) is 0 Å². The Hall–Kier alpha value is -3.74. The minimum absolute atomic E-state index is 0.00328. The van der Waals surface area contributed by atoms with Crippen molar-refractivity contribution in [2.24, 2.45) is 0 Å². The molecule has 1 saturated heterocycles. The number of furan rings is 1. The first-order valence-electron chi connectivity index (χ1n) is 8.29. The van der Waals surface area contributed by atoms with E-state index in [2.05, 4.69) is 9.97 Å². The zero-order chi connectivity index (χ0) is 18.8. The van der Waals surface area contributed by atoms with E-state index in [9.17, 15) is 14.7 Å². The van der Waals surface area contributed by atoms with Crippen LogP contribution in [0.5, 0.6) is 0 Å². The van der Waals surface area contributed by atoms with Crippen molar-refractivity contribution in [1.82, 2.24) is 14.9 Å². The number of hydrogen-bond acceptors (Lipinski definition) is 6. The number of carbonyl (C=O) groups is 2. The molecule has 0 spiro atoms. The highest BCUT2D eigenvalue weighted by molar-refractivity contribution is 6.46. The molecule has 0 bridgehead atoms. The number of aromatic nitrogens is 2. The Morgan fingerprint density at radius 3 is 2.56 bits per heavy atom. The van der Waals surface area contributed by atoms with Gasteiger partial charge in [-0.3, -0.25) is 19.6 Å². The SMILES string of the molecule is O=C1C(=O)N(Cc2ccco2)C(c2ccccn2)/C1=C(/O)c1ccncc1. The highest BCUT2D eigenvalue weighted by atomic mass is 16.3. The molecule has 134 valence electrons. The van der Waals surface area contributed by atoms with Crippen LogP contribution in [0, 0.1) is 0 Å². The Labute approximate surface area is 154 Å². The predicted molar refractivity (Wildman–Crippen MR) is 95.0 cm³/mol. The van der Waals surface area contributed by atoms with Crippen molar-refractivity contribution >= 4 is 17.4 Å². The summed E-state index contributed by atoms with van der Waals surface area (Å²) in [4.78, 5) is 35.0. The molecule has 0 radical (unpaired) electrons. The van der Waals surface area contributed by atoms with Gasteiger partial charge in [-0.05, 0) is 36.4 Å². The molecule has 1 amide bonds. The molecule has 7 nitrogen and oxygen atoms in total. The molecular weight excluding hydrogens is 346 g/mol. The Kier molecular flexibility index (Phi) is 4.25. The summed E-state index contributed by atoms with van der Waals surface area (Å²) in [5, 5.41) is 10.8. The van der Waals surface area contributed by atoms with Crippen molar-refractivity contribution in [2.75, 3.05) is 0 Å². The van der Waals surface area contributed by atoms with Gasteiger partial charge in [0.15, 0.2) is 0 Å². The van der Waals surface area contributed by atoms with Crippen LogP contribution in [-0.4, -0.2) is 31.7 Å². The number of nitrogens with zero attached hydrogens (tertiary/aromatic N) is 3. The summed E-state index contributed by atoms with van der Waals surface area (Å²) in [5.74, 6) is -1.20. The van der Waals surface area contributed by atoms with E-state index in [1.807, 2.05) is 0 Å². The Bertz CT molecular complexity index is 998. The first-order valence-corrected chi connectivity index (χ1v) is 8.29. The summed E-state index contributed by atoms with van der Waals surface area (Å²) in [7, 11) is 0. The molecule has 1 fully saturated rings. The Morgan fingerprint density at radius 1 is 1.07 bits per heavy atom. The van der Waals surface area contributed by atoms with Crippen molar-refractivity contribution in [1.29, 1.82) is 0 Å². The molecule has 1 N–H and O–H groups in total. The quantitative estimate of drug-likeness (QED) is 0.436. The van der Waals surface area contributed by atoms with Crippen LogP contribution in [0.4, 0.5) is 0 Å². The Balaban J connectivity index is 1.86. The fourth-order valence-corrected chi connectivity index (χ4v) is 3.12. The fraction of sp³-hybridized carbons (Fsp3) is 0.100. The van der Waals surface area contributed by atoms with Gasteiger partial charge in [-0.2, -0.15) is 0 Å². The van der Waals surface area contributed by atoms with Gasteiger partial charge in [0, 0.05) is 24.2 Å². The number of pyridine rings is 2. The van der Waals surface area contributed by atoms with E-state index in [1.165, 1.54) is 23.6 Å². The second-order valence-corrected chi connectivity index (χ2v) is 6.00. The normalized spacial score (nSPS) is 18.8. The summed E-state index contributed by atoms with van der Waals surface area (Å²) >= 11 is 0. The number of hydrogen-bond donors (Lipinski definition) is 1. The predicted octanol–water partition coefficient (Wildman–Crippen LogP) is 2.69. The van der Waals surface area contributed by atoms with E-state index in [4.69, 9.17) is 4.42 Å². The molecule has 3 aromatic heterocycles. The minimum Gasteiger partial charge on any atom is -0.507 e. The van der Waals surface area contributed by atoms with Gasteiger partial charge in [0.2, 0.25) is 0 Å². The molecule has 7 heteroatoms. The highest BCUT2D eigenvalue weighted by Crippen LogP contribution is 2.39. The van der Waals surface area contributed by atoms with Crippen molar-refractivity contribution in [3.8, 4) is 0 Å². The second kappa shape index (κ2) is 6.87. The van der Waals surface area contributed by atoms with Crippen LogP contribution in [0.15, 0.2) is 77.3 Å². The fourth-order valence-electron chi connectivity index (χ4n) is 3.12. The molecule has 27 heavy (non-hydrogen) atoms. The van der Waals surface area contributed by atoms with Crippen molar-refractivity contribution in [2.45, 2.75) is 12.6 Å². The summed E-state index contributed by atoms with van der Waals surface area (Å²) in [6.07, 6.45) is 6.08. The van der Waals surface area contributed by atoms with E-state index in [0.29, 0.717) is 17.0 Å². The monoisotopic (exact) mass is 361 g/mol. The first kappa shape index (κ1) is 16.7. The number of rotatable bonds is 4. The van der Waals surface area contributed by atoms with Crippen molar-refractivity contribution in [3.05, 3.63) is 89.9 Å². The van der Waals surface area contributed by atoms with Gasteiger partial charge in [-0.15, -0.1) is 0 Å². The third-order valence-electron chi connectivity index (χ3n) is 4.37. The van der Waals surface area contributed by atoms with Crippen LogP contribution in [0.25, 0.3) is 5.76 Å². The molecule has 0 saturated carbocycles. The minimum atomic E-state index is -0.815. The van der Waals surface area contributed by atoms with Crippen molar-refractivity contribution < 1.29 is 19.1 Å². The zero-order valence-electron chi connectivity index (χ0n) is 14.1. The lowest BCUT2D eigenvalue weighted by Gasteiger charge is -2.23. The summed E-state index contributed by atoms with van der Waals surface area (Å²) in [6, 6.07) is 11.0. The summed E-state index contributed by atoms with van der Waals surface area (Å²) in [5.41, 5.74) is 0.886. The van der Waals surface area contributed by atoms with Gasteiger partial charge < -0.3 is 14.4 Å². The van der Waals surface area contributed by atoms with Crippen LogP contribution in [0.1, 0.15) is 23.1 Å². The highest BCUT2D eigenvalue weighted by Gasteiger charge is 2.47. The van der Waals surface area contributed by atoms with E-state index < -0.39 is 17.7 Å². The molecule has 1 aliphatic heterocycles. The van der Waals surface area contributed by atoms with Gasteiger partial charge in [-0.25, -0.2) is 0 Å². The van der Waals surface area contributed by atoms with Gasteiger partial charge in [-0.1, -0.05) is 6.07 Å². The third kappa shape index (κ3) is 2.99. The zero-order valence-corrected chi connectivity index (χ0v) is 14.1. The topological polar surface area (TPSA) is 96.5 Å². The number of likely N-dealkylation sites (tertiary alicyclic amines) is 1. The van der Waals surface area contributed by atoms with Gasteiger partial charge in [0.1, 0.15) is 17.6 Å². The van der Waals surface area contributed by atoms with Crippen LogP contribution in [0.2, 0.25) is 0 Å². The second-order valence-electron chi connectivity index (χ2n) is 6.00. The van der Waals surface area contributed by atoms with Gasteiger partial charge >= 0.3 is 0 Å². The van der Waals surface area contributed by atoms with E-state index in [1.54, 1.807) is 48.7 Å². The summed E-state index contributed by atoms with van der Waals surface area (Å²) < 4.78 is 5.33. The molecule has 0 aromatic carbocycles.